The van der Waals surface area contributed by atoms with Crippen LogP contribution in [0.1, 0.15) is 27.6 Å². The maximum Gasteiger partial charge on any atom is 0.255 e. The zero-order chi connectivity index (χ0) is 20.2. The lowest BCUT2D eigenvalue weighted by molar-refractivity contribution is 0.00359. The maximum absolute atomic E-state index is 12.8. The molecule has 0 aliphatic carbocycles. The zero-order valence-electron chi connectivity index (χ0n) is 16.2. The summed E-state index contributed by atoms with van der Waals surface area (Å²) in [5, 5.41) is 2.88. The van der Waals surface area contributed by atoms with Crippen LogP contribution in [-0.4, -0.2) is 47.1 Å². The standard InChI is InChI=1S/C23H23N3O3/c1-17-16-29-14-13-26(17)23(28)19-5-4-6-20(15-19)24-22(27)18-7-9-21(10-8-18)25-11-2-3-12-25/h2-12,15,17H,13-14,16H2,1H3,(H,24,27). The smallest absolute Gasteiger partial charge is 0.255 e. The van der Waals surface area contributed by atoms with Gasteiger partial charge in [-0.25, -0.2) is 0 Å². The summed E-state index contributed by atoms with van der Waals surface area (Å²) in [6.07, 6.45) is 3.90. The molecule has 3 aromatic rings. The number of nitrogens with one attached hydrogen (secondary N) is 1. The Bertz CT molecular complexity index is 996. The predicted molar refractivity (Wildman–Crippen MR) is 111 cm³/mol. The van der Waals surface area contributed by atoms with Gasteiger partial charge in [0.15, 0.2) is 0 Å². The van der Waals surface area contributed by atoms with E-state index in [1.165, 1.54) is 0 Å². The number of hydrogen-bond acceptors (Lipinski definition) is 3. The van der Waals surface area contributed by atoms with Gasteiger partial charge in [0.05, 0.1) is 19.3 Å². The third-order valence-electron chi connectivity index (χ3n) is 5.03. The molecule has 0 spiro atoms. The number of morpholine rings is 1. The highest BCUT2D eigenvalue weighted by Gasteiger charge is 2.24. The van der Waals surface area contributed by atoms with Crippen LogP contribution in [0.3, 0.4) is 0 Å². The van der Waals surface area contributed by atoms with E-state index in [1.54, 1.807) is 36.4 Å². The van der Waals surface area contributed by atoms with Crippen molar-refractivity contribution in [2.24, 2.45) is 0 Å². The van der Waals surface area contributed by atoms with E-state index in [0.717, 1.165) is 5.69 Å². The van der Waals surface area contributed by atoms with Gasteiger partial charge in [0.2, 0.25) is 0 Å². The number of carbonyl (C=O) groups excluding carboxylic acids is 2. The Balaban J connectivity index is 1.46. The van der Waals surface area contributed by atoms with Crippen molar-refractivity contribution in [3.05, 3.63) is 84.2 Å². The molecule has 0 saturated carbocycles. The first-order valence-corrected chi connectivity index (χ1v) is 9.65. The first-order chi connectivity index (χ1) is 14.1. The minimum Gasteiger partial charge on any atom is -0.377 e. The van der Waals surface area contributed by atoms with Gasteiger partial charge < -0.3 is 19.5 Å². The number of carbonyl (C=O) groups is 2. The fraction of sp³-hybridized carbons (Fsp3) is 0.217. The molecule has 1 N–H and O–H groups in total. The number of ether oxygens (including phenoxy) is 1. The molecule has 1 atom stereocenters. The van der Waals surface area contributed by atoms with Gasteiger partial charge in [0.25, 0.3) is 11.8 Å². The minimum atomic E-state index is -0.214. The van der Waals surface area contributed by atoms with Crippen LogP contribution in [0.15, 0.2) is 73.1 Å². The molecule has 1 aromatic heterocycles. The van der Waals surface area contributed by atoms with Crippen LogP contribution in [-0.2, 0) is 4.74 Å². The van der Waals surface area contributed by atoms with E-state index in [1.807, 2.05) is 53.0 Å². The second-order valence-corrected chi connectivity index (χ2v) is 7.09. The quantitative estimate of drug-likeness (QED) is 0.742. The maximum atomic E-state index is 12.8. The van der Waals surface area contributed by atoms with Crippen molar-refractivity contribution in [2.45, 2.75) is 13.0 Å². The number of benzene rings is 2. The van der Waals surface area contributed by atoms with Crippen molar-refractivity contribution in [3.63, 3.8) is 0 Å². The van der Waals surface area contributed by atoms with Gasteiger partial charge in [-0.05, 0) is 61.5 Å². The summed E-state index contributed by atoms with van der Waals surface area (Å²) in [6, 6.07) is 18.4. The van der Waals surface area contributed by atoms with Crippen LogP contribution in [0.25, 0.3) is 5.69 Å². The molecular weight excluding hydrogens is 366 g/mol. The highest BCUT2D eigenvalue weighted by atomic mass is 16.5. The van der Waals surface area contributed by atoms with E-state index in [9.17, 15) is 9.59 Å². The van der Waals surface area contributed by atoms with Crippen LogP contribution in [0.2, 0.25) is 0 Å². The third-order valence-corrected chi connectivity index (χ3v) is 5.03. The predicted octanol–water partition coefficient (Wildman–Crippen LogP) is 3.59. The minimum absolute atomic E-state index is 0.0355. The van der Waals surface area contributed by atoms with E-state index in [0.29, 0.717) is 36.6 Å². The van der Waals surface area contributed by atoms with Crippen molar-refractivity contribution in [3.8, 4) is 5.69 Å². The number of aromatic nitrogens is 1. The molecule has 2 amide bonds. The summed E-state index contributed by atoms with van der Waals surface area (Å²) in [6.45, 7) is 3.64. The van der Waals surface area contributed by atoms with E-state index in [2.05, 4.69) is 5.32 Å². The molecule has 1 fully saturated rings. The van der Waals surface area contributed by atoms with Gasteiger partial charge in [-0.2, -0.15) is 0 Å². The Hall–Kier alpha value is -3.38. The highest BCUT2D eigenvalue weighted by molar-refractivity contribution is 6.05. The van der Waals surface area contributed by atoms with Gasteiger partial charge in [-0.15, -0.1) is 0 Å². The summed E-state index contributed by atoms with van der Waals surface area (Å²) < 4.78 is 7.38. The van der Waals surface area contributed by atoms with Crippen LogP contribution in [0.5, 0.6) is 0 Å². The Kier molecular flexibility index (Phi) is 5.44. The molecule has 1 aliphatic rings. The van der Waals surface area contributed by atoms with E-state index < -0.39 is 0 Å². The first-order valence-electron chi connectivity index (χ1n) is 9.65. The highest BCUT2D eigenvalue weighted by Crippen LogP contribution is 2.17. The Morgan fingerprint density at radius 3 is 2.48 bits per heavy atom. The van der Waals surface area contributed by atoms with Crippen molar-refractivity contribution in [1.82, 2.24) is 9.47 Å². The molecule has 2 heterocycles. The fourth-order valence-corrected chi connectivity index (χ4v) is 3.42. The summed E-state index contributed by atoms with van der Waals surface area (Å²) in [7, 11) is 0. The van der Waals surface area contributed by atoms with E-state index in [-0.39, 0.29) is 17.9 Å². The van der Waals surface area contributed by atoms with Gasteiger partial charge >= 0.3 is 0 Å². The number of nitrogens with zero attached hydrogens (tertiary/aromatic N) is 2. The molecule has 0 radical (unpaired) electrons. The molecule has 1 saturated heterocycles. The van der Waals surface area contributed by atoms with Crippen LogP contribution in [0.4, 0.5) is 5.69 Å². The lowest BCUT2D eigenvalue weighted by atomic mass is 10.1. The van der Waals surface area contributed by atoms with Crippen molar-refractivity contribution in [2.75, 3.05) is 25.1 Å². The number of rotatable bonds is 4. The normalized spacial score (nSPS) is 16.4. The second kappa shape index (κ2) is 8.32. The zero-order valence-corrected chi connectivity index (χ0v) is 16.2. The molecule has 1 aliphatic heterocycles. The molecule has 6 heteroatoms. The first kappa shape index (κ1) is 19.0. The Morgan fingerprint density at radius 2 is 1.76 bits per heavy atom. The van der Waals surface area contributed by atoms with E-state index >= 15 is 0 Å². The van der Waals surface area contributed by atoms with Gasteiger partial charge in [-0.1, -0.05) is 6.07 Å². The number of amides is 2. The van der Waals surface area contributed by atoms with Gasteiger partial charge in [-0.3, -0.25) is 9.59 Å². The van der Waals surface area contributed by atoms with Crippen molar-refractivity contribution >= 4 is 17.5 Å². The summed E-state index contributed by atoms with van der Waals surface area (Å²) in [4.78, 5) is 27.3. The summed E-state index contributed by atoms with van der Waals surface area (Å²) in [5.41, 5.74) is 2.69. The monoisotopic (exact) mass is 389 g/mol. The van der Waals surface area contributed by atoms with Gasteiger partial charge in [0.1, 0.15) is 0 Å². The van der Waals surface area contributed by atoms with Gasteiger partial charge in [0, 0.05) is 41.4 Å². The van der Waals surface area contributed by atoms with Crippen LogP contribution in [0, 0.1) is 0 Å². The molecule has 2 aromatic carbocycles. The van der Waals surface area contributed by atoms with E-state index in [4.69, 9.17) is 4.74 Å². The second-order valence-electron chi connectivity index (χ2n) is 7.09. The van der Waals surface area contributed by atoms with Crippen molar-refractivity contribution < 1.29 is 14.3 Å². The largest absolute Gasteiger partial charge is 0.377 e. The lowest BCUT2D eigenvalue weighted by Gasteiger charge is -2.33. The topological polar surface area (TPSA) is 63.6 Å². The Morgan fingerprint density at radius 1 is 1.00 bits per heavy atom. The number of anilines is 1. The molecule has 0 bridgehead atoms. The molecule has 4 rings (SSSR count). The summed E-state index contributed by atoms with van der Waals surface area (Å²) in [5.74, 6) is -0.263. The molecular formula is C23H23N3O3. The SMILES string of the molecule is CC1COCCN1C(=O)c1cccc(NC(=O)c2ccc(-n3cccc3)cc2)c1. The van der Waals surface area contributed by atoms with Crippen LogP contribution >= 0.6 is 0 Å². The van der Waals surface area contributed by atoms with Crippen LogP contribution < -0.4 is 5.32 Å². The molecule has 6 nitrogen and oxygen atoms in total. The molecule has 29 heavy (non-hydrogen) atoms. The average molecular weight is 389 g/mol. The molecule has 148 valence electrons. The molecule has 1 unspecified atom stereocenters. The fourth-order valence-electron chi connectivity index (χ4n) is 3.42. The summed E-state index contributed by atoms with van der Waals surface area (Å²) >= 11 is 0. The Labute approximate surface area is 169 Å². The lowest BCUT2D eigenvalue weighted by Crippen LogP contribution is -2.47. The average Bonchev–Trinajstić information content (AvgIpc) is 3.29. The number of hydrogen-bond donors (Lipinski definition) is 1. The third kappa shape index (κ3) is 4.22. The van der Waals surface area contributed by atoms with Crippen molar-refractivity contribution in [1.29, 1.82) is 0 Å².